The van der Waals surface area contributed by atoms with Crippen LogP contribution >= 0.6 is 0 Å². The quantitative estimate of drug-likeness (QED) is 0.223. The van der Waals surface area contributed by atoms with E-state index >= 15 is 0 Å². The van der Waals surface area contributed by atoms with Crippen LogP contribution in [0, 0.1) is 0 Å². The third-order valence-corrected chi connectivity index (χ3v) is 3.96. The molecule has 1 aromatic carbocycles. The second-order valence-electron chi connectivity index (χ2n) is 6.38. The molecule has 12 heteroatoms. The van der Waals surface area contributed by atoms with E-state index < -0.39 is 56.1 Å². The maximum Gasteiger partial charge on any atom is 0.317 e. The highest BCUT2D eigenvalue weighted by Gasteiger charge is 2.27. The van der Waals surface area contributed by atoms with Crippen LogP contribution in [0.1, 0.15) is 5.56 Å². The van der Waals surface area contributed by atoms with E-state index in [9.17, 15) is 24.0 Å². The molecule has 4 N–H and O–H groups in total. The molecule has 30 heavy (non-hydrogen) atoms. The molecule has 1 rings (SSSR count). The van der Waals surface area contributed by atoms with Gasteiger partial charge in [0.25, 0.3) is 0 Å². The van der Waals surface area contributed by atoms with E-state index in [0.717, 1.165) is 9.80 Å². The highest BCUT2D eigenvalue weighted by atomic mass is 16.4. The van der Waals surface area contributed by atoms with Gasteiger partial charge < -0.3 is 20.4 Å². The van der Waals surface area contributed by atoms with Crippen LogP contribution in [0.3, 0.4) is 0 Å². The second kappa shape index (κ2) is 12.1. The molecule has 0 amide bonds. The molecule has 0 radical (unpaired) electrons. The van der Waals surface area contributed by atoms with Gasteiger partial charge in [-0.2, -0.15) is 4.99 Å². The topological polar surface area (TPSA) is 185 Å². The van der Waals surface area contributed by atoms with Gasteiger partial charge in [0.1, 0.15) is 0 Å². The van der Waals surface area contributed by atoms with Gasteiger partial charge in [-0.1, -0.05) is 12.1 Å². The van der Waals surface area contributed by atoms with Crippen LogP contribution in [0.15, 0.2) is 29.3 Å². The average molecular weight is 423 g/mol. The number of benzene rings is 1. The molecule has 0 aromatic heterocycles. The fourth-order valence-corrected chi connectivity index (χ4v) is 2.87. The minimum atomic E-state index is -1.29. The van der Waals surface area contributed by atoms with Crippen molar-refractivity contribution in [3.8, 4) is 0 Å². The molecule has 0 bridgehead atoms. The van der Waals surface area contributed by atoms with E-state index in [1.807, 2.05) is 0 Å². The summed E-state index contributed by atoms with van der Waals surface area (Å²) < 4.78 is 0. The Kier molecular flexibility index (Phi) is 9.83. The van der Waals surface area contributed by atoms with Crippen molar-refractivity contribution in [3.05, 3.63) is 29.8 Å². The van der Waals surface area contributed by atoms with Crippen molar-refractivity contribution < 1.29 is 44.4 Å². The largest absolute Gasteiger partial charge is 0.480 e. The Morgan fingerprint density at radius 3 is 1.70 bits per heavy atom. The van der Waals surface area contributed by atoms with Crippen molar-refractivity contribution >= 4 is 35.6 Å². The zero-order valence-electron chi connectivity index (χ0n) is 15.8. The highest BCUT2D eigenvalue weighted by molar-refractivity contribution is 5.73. The van der Waals surface area contributed by atoms with Crippen molar-refractivity contribution in [2.45, 2.75) is 12.5 Å². The lowest BCUT2D eigenvalue weighted by atomic mass is 10.0. The Balaban J connectivity index is 3.20. The molecule has 0 aliphatic heterocycles. The summed E-state index contributed by atoms with van der Waals surface area (Å²) in [4.78, 5) is 60.6. The number of carboxylic acid groups (broad SMARTS) is 4. The number of nitrogens with zero attached hydrogens (tertiary/aromatic N) is 3. The molecule has 0 aliphatic carbocycles. The monoisotopic (exact) mass is 423 g/mol. The van der Waals surface area contributed by atoms with Gasteiger partial charge in [0, 0.05) is 12.6 Å². The number of hydrogen-bond donors (Lipinski definition) is 4. The number of carboxylic acids is 4. The van der Waals surface area contributed by atoms with Crippen LogP contribution in [0.4, 0.5) is 5.69 Å². The summed E-state index contributed by atoms with van der Waals surface area (Å²) in [5.74, 6) is -5.15. The third-order valence-electron chi connectivity index (χ3n) is 3.96. The van der Waals surface area contributed by atoms with Gasteiger partial charge in [0.15, 0.2) is 0 Å². The number of hydrogen-bond acceptors (Lipinski definition) is 8. The van der Waals surface area contributed by atoms with Gasteiger partial charge in [0.2, 0.25) is 6.08 Å². The molecular formula is C18H21N3O9. The van der Waals surface area contributed by atoms with E-state index in [4.69, 9.17) is 20.4 Å². The Bertz CT molecular complexity index is 787. The first-order valence-electron chi connectivity index (χ1n) is 8.61. The summed E-state index contributed by atoms with van der Waals surface area (Å²) in [6.45, 7) is -2.72. The van der Waals surface area contributed by atoms with E-state index in [2.05, 4.69) is 4.99 Å². The van der Waals surface area contributed by atoms with Crippen LogP contribution in [0.25, 0.3) is 0 Å². The van der Waals surface area contributed by atoms with Crippen molar-refractivity contribution in [1.29, 1.82) is 0 Å². The second-order valence-corrected chi connectivity index (χ2v) is 6.38. The van der Waals surface area contributed by atoms with Crippen LogP contribution in [0.5, 0.6) is 0 Å². The highest BCUT2D eigenvalue weighted by Crippen LogP contribution is 2.16. The number of isocyanates is 1. The Labute approximate surface area is 170 Å². The van der Waals surface area contributed by atoms with Crippen LogP contribution in [0.2, 0.25) is 0 Å². The van der Waals surface area contributed by atoms with Gasteiger partial charge in [-0.3, -0.25) is 29.0 Å². The Morgan fingerprint density at radius 2 is 1.30 bits per heavy atom. The SMILES string of the molecule is O=C=Nc1ccc(CC(CN(CC(=O)O)CC(=O)O)N(CC(=O)O)CC(=O)O)cc1. The van der Waals surface area contributed by atoms with Crippen LogP contribution < -0.4 is 0 Å². The maximum atomic E-state index is 11.2. The zero-order chi connectivity index (χ0) is 22.7. The lowest BCUT2D eigenvalue weighted by Gasteiger charge is -2.33. The fourth-order valence-electron chi connectivity index (χ4n) is 2.87. The van der Waals surface area contributed by atoms with Crippen molar-refractivity contribution in [1.82, 2.24) is 9.80 Å². The van der Waals surface area contributed by atoms with Gasteiger partial charge in [-0.05, 0) is 24.1 Å². The van der Waals surface area contributed by atoms with Gasteiger partial charge in [-0.25, -0.2) is 4.79 Å². The first-order valence-corrected chi connectivity index (χ1v) is 8.61. The van der Waals surface area contributed by atoms with E-state index in [1.54, 1.807) is 12.1 Å². The van der Waals surface area contributed by atoms with E-state index in [1.165, 1.54) is 18.2 Å². The average Bonchev–Trinajstić information content (AvgIpc) is 2.60. The molecule has 162 valence electrons. The standard InChI is InChI=1S/C18H21N3O9/c22-11-19-13-3-1-12(2-4-13)5-14(21(9-17(27)28)10-18(29)30)6-20(7-15(23)24)8-16(25)26/h1-4,14H,5-10H2,(H,23,24)(H,25,26)(H,27,28)(H,29,30). The predicted octanol–water partition coefficient (Wildman–Crippen LogP) is -0.493. The zero-order valence-corrected chi connectivity index (χ0v) is 15.8. The number of rotatable bonds is 14. The van der Waals surface area contributed by atoms with E-state index in [0.29, 0.717) is 11.3 Å². The first-order chi connectivity index (χ1) is 14.1. The molecule has 12 nitrogen and oxygen atoms in total. The van der Waals surface area contributed by atoms with Crippen molar-refractivity contribution in [2.75, 3.05) is 32.7 Å². The fraction of sp³-hybridized carbons (Fsp3) is 0.389. The smallest absolute Gasteiger partial charge is 0.317 e. The molecule has 0 aliphatic rings. The van der Waals surface area contributed by atoms with E-state index in [-0.39, 0.29) is 13.0 Å². The summed E-state index contributed by atoms with van der Waals surface area (Å²) >= 11 is 0. The van der Waals surface area contributed by atoms with Gasteiger partial charge >= 0.3 is 23.9 Å². The molecule has 0 heterocycles. The molecule has 0 spiro atoms. The molecule has 1 atom stereocenters. The van der Waals surface area contributed by atoms with Crippen LogP contribution in [-0.4, -0.2) is 98.9 Å². The van der Waals surface area contributed by atoms with Crippen molar-refractivity contribution in [3.63, 3.8) is 0 Å². The minimum absolute atomic E-state index is 0.0986. The molecule has 0 saturated carbocycles. The number of carbonyl (C=O) groups is 4. The Hall–Kier alpha value is -3.60. The normalized spacial score (nSPS) is 11.7. The van der Waals surface area contributed by atoms with Crippen LogP contribution in [-0.2, 0) is 30.4 Å². The summed E-state index contributed by atoms with van der Waals surface area (Å²) in [5, 5.41) is 36.4. The minimum Gasteiger partial charge on any atom is -0.480 e. The molecule has 1 aromatic rings. The maximum absolute atomic E-state index is 11.2. The summed E-state index contributed by atoms with van der Waals surface area (Å²) in [7, 11) is 0. The Morgan fingerprint density at radius 1 is 0.833 bits per heavy atom. The van der Waals surface area contributed by atoms with Gasteiger partial charge in [-0.15, -0.1) is 0 Å². The summed E-state index contributed by atoms with van der Waals surface area (Å²) in [6.07, 6.45) is 1.49. The number of aliphatic carboxylic acids is 4. The van der Waals surface area contributed by atoms with Crippen molar-refractivity contribution in [2.24, 2.45) is 4.99 Å². The first kappa shape index (κ1) is 24.4. The predicted molar refractivity (Wildman–Crippen MR) is 100 cm³/mol. The summed E-state index contributed by atoms with van der Waals surface area (Å²) in [6, 6.07) is 5.35. The lowest BCUT2D eigenvalue weighted by Crippen LogP contribution is -2.50. The lowest BCUT2D eigenvalue weighted by molar-refractivity contribution is -0.146. The molecular weight excluding hydrogens is 402 g/mol. The molecule has 1 unspecified atom stereocenters. The molecule has 0 fully saturated rings. The third kappa shape index (κ3) is 9.55. The number of aliphatic imine (C=N–C) groups is 1. The van der Waals surface area contributed by atoms with Gasteiger partial charge in [0.05, 0.1) is 31.9 Å². The molecule has 0 saturated heterocycles. The number of carbonyl (C=O) groups excluding carboxylic acids is 1. The summed E-state index contributed by atoms with van der Waals surface area (Å²) in [5.41, 5.74) is 0.952.